The highest BCUT2D eigenvalue weighted by atomic mass is 19.4. The van der Waals surface area contributed by atoms with Gasteiger partial charge in [-0.25, -0.2) is 24.3 Å². The van der Waals surface area contributed by atoms with Crippen LogP contribution in [-0.2, 0) is 6.18 Å². The summed E-state index contributed by atoms with van der Waals surface area (Å²) in [5, 5.41) is 3.15. The van der Waals surface area contributed by atoms with Gasteiger partial charge in [0.25, 0.3) is 5.91 Å². The molecule has 0 unspecified atom stereocenters. The molecule has 0 spiro atoms. The van der Waals surface area contributed by atoms with E-state index in [1.54, 1.807) is 17.0 Å². The molecule has 1 N–H and O–H groups in total. The van der Waals surface area contributed by atoms with Crippen LogP contribution in [0, 0.1) is 11.7 Å². The fraction of sp³-hybridized carbons (Fsp3) is 0.348. The Kier molecular flexibility index (Phi) is 5.62. The molecule has 2 saturated heterocycles. The second kappa shape index (κ2) is 8.62. The van der Waals surface area contributed by atoms with Gasteiger partial charge in [0, 0.05) is 25.0 Å². The minimum atomic E-state index is -4.57. The average Bonchev–Trinajstić information content (AvgIpc) is 2.84. The molecule has 7 nitrogen and oxygen atoms in total. The number of fused-ring (bicyclic) bond motifs is 3. The molecule has 11 heteroatoms. The highest BCUT2D eigenvalue weighted by Crippen LogP contribution is 2.38. The number of aromatic nitrogens is 4. The van der Waals surface area contributed by atoms with Gasteiger partial charge in [0.2, 0.25) is 0 Å². The van der Waals surface area contributed by atoms with Crippen molar-refractivity contribution in [1.82, 2.24) is 24.8 Å². The number of halogens is 4. The van der Waals surface area contributed by atoms with Crippen LogP contribution in [0.4, 0.5) is 23.4 Å². The molecule has 3 aromatic rings. The van der Waals surface area contributed by atoms with Gasteiger partial charge < -0.3 is 10.2 Å². The van der Waals surface area contributed by atoms with Crippen molar-refractivity contribution in [2.24, 2.45) is 5.92 Å². The van der Waals surface area contributed by atoms with Crippen LogP contribution in [-0.4, -0.2) is 49.4 Å². The standard InChI is InChI=1S/C23H20F4N6O/c24-15-4-1-3-14(20(15)21-28-7-2-8-29-21)22(34)33-12-13-5-6-17(33)16(9-13)32-19-11-30-18(10-31-19)23(25,26)27/h1-4,7-8,10-11,13,16-17H,5-6,9,12H2,(H,31,32)/t13-,16-,17+/m1/s1. The van der Waals surface area contributed by atoms with Crippen molar-refractivity contribution in [2.45, 2.75) is 37.5 Å². The molecule has 2 aliphatic heterocycles. The van der Waals surface area contributed by atoms with Crippen molar-refractivity contribution in [1.29, 1.82) is 0 Å². The number of anilines is 1. The molecular formula is C23H20F4N6O. The molecule has 1 aromatic carbocycles. The molecule has 2 bridgehead atoms. The highest BCUT2D eigenvalue weighted by Gasteiger charge is 2.44. The molecule has 2 aromatic heterocycles. The van der Waals surface area contributed by atoms with E-state index in [2.05, 4.69) is 25.3 Å². The average molecular weight is 472 g/mol. The van der Waals surface area contributed by atoms with Crippen molar-refractivity contribution in [2.75, 3.05) is 11.9 Å². The number of piperidine rings is 2. The van der Waals surface area contributed by atoms with E-state index in [0.717, 1.165) is 19.0 Å². The number of hydrogen-bond acceptors (Lipinski definition) is 6. The number of carbonyl (C=O) groups is 1. The van der Waals surface area contributed by atoms with E-state index in [0.29, 0.717) is 19.2 Å². The summed E-state index contributed by atoms with van der Waals surface area (Å²) in [5.74, 6) is -0.377. The second-order valence-corrected chi connectivity index (χ2v) is 8.47. The summed E-state index contributed by atoms with van der Waals surface area (Å²) in [6.45, 7) is 0.520. The summed E-state index contributed by atoms with van der Waals surface area (Å²) in [4.78, 5) is 30.9. The van der Waals surface area contributed by atoms with Crippen molar-refractivity contribution in [3.63, 3.8) is 0 Å². The first-order valence-corrected chi connectivity index (χ1v) is 10.8. The van der Waals surface area contributed by atoms with Crippen molar-refractivity contribution in [3.8, 4) is 11.4 Å². The lowest BCUT2D eigenvalue weighted by molar-refractivity contribution is -0.141. The number of rotatable bonds is 4. The first-order chi connectivity index (χ1) is 16.3. The van der Waals surface area contributed by atoms with Gasteiger partial charge in [-0.2, -0.15) is 13.2 Å². The fourth-order valence-electron chi connectivity index (χ4n) is 4.83. The molecule has 0 radical (unpaired) electrons. The summed E-state index contributed by atoms with van der Waals surface area (Å²) in [7, 11) is 0. The zero-order valence-electron chi connectivity index (χ0n) is 17.8. The lowest BCUT2D eigenvalue weighted by Gasteiger charge is -2.50. The van der Waals surface area contributed by atoms with Gasteiger partial charge in [-0.1, -0.05) is 6.07 Å². The van der Waals surface area contributed by atoms with E-state index in [1.165, 1.54) is 24.5 Å². The summed E-state index contributed by atoms with van der Waals surface area (Å²) in [6.07, 6.45) is 2.53. The Morgan fingerprint density at radius 1 is 1.03 bits per heavy atom. The molecule has 1 amide bonds. The largest absolute Gasteiger partial charge is 0.434 e. The Labute approximate surface area is 192 Å². The van der Waals surface area contributed by atoms with Gasteiger partial charge in [0.15, 0.2) is 11.5 Å². The van der Waals surface area contributed by atoms with E-state index < -0.39 is 17.7 Å². The molecule has 4 heterocycles. The maximum atomic E-state index is 14.8. The zero-order chi connectivity index (χ0) is 23.9. The third kappa shape index (κ3) is 4.17. The van der Waals surface area contributed by atoms with Crippen molar-refractivity contribution in [3.05, 3.63) is 66.1 Å². The molecule has 3 aliphatic rings. The van der Waals surface area contributed by atoms with Gasteiger partial charge in [-0.15, -0.1) is 0 Å². The maximum absolute atomic E-state index is 14.8. The van der Waals surface area contributed by atoms with Crippen LogP contribution < -0.4 is 5.32 Å². The smallest absolute Gasteiger partial charge is 0.364 e. The van der Waals surface area contributed by atoms with E-state index in [1.807, 2.05) is 0 Å². The predicted molar refractivity (Wildman–Crippen MR) is 114 cm³/mol. The van der Waals surface area contributed by atoms with Gasteiger partial charge in [0.05, 0.1) is 29.6 Å². The number of amides is 1. The Morgan fingerprint density at radius 2 is 1.82 bits per heavy atom. The third-order valence-electron chi connectivity index (χ3n) is 6.35. The lowest BCUT2D eigenvalue weighted by atomic mass is 9.76. The maximum Gasteiger partial charge on any atom is 0.434 e. The molecular weight excluding hydrogens is 452 g/mol. The Bertz CT molecular complexity index is 1190. The quantitative estimate of drug-likeness (QED) is 0.573. The Balaban J connectivity index is 1.40. The topological polar surface area (TPSA) is 83.9 Å². The number of benzene rings is 1. The minimum absolute atomic E-state index is 0.0488. The minimum Gasteiger partial charge on any atom is -0.364 e. The van der Waals surface area contributed by atoms with Crippen LogP contribution in [0.15, 0.2) is 49.1 Å². The van der Waals surface area contributed by atoms with Crippen LogP contribution in [0.1, 0.15) is 35.3 Å². The van der Waals surface area contributed by atoms with Gasteiger partial charge in [0.1, 0.15) is 11.6 Å². The van der Waals surface area contributed by atoms with E-state index >= 15 is 0 Å². The SMILES string of the molecule is O=C(c1cccc(F)c1-c1ncccn1)N1C[C@@H]2CC[C@H]1[C@H](Nc1cnc(C(F)(F)F)cn1)C2. The molecule has 1 aliphatic carbocycles. The number of nitrogens with zero attached hydrogens (tertiary/aromatic N) is 5. The Hall–Kier alpha value is -3.63. The van der Waals surface area contributed by atoms with Crippen LogP contribution in [0.3, 0.4) is 0 Å². The molecule has 1 saturated carbocycles. The summed E-state index contributed by atoms with van der Waals surface area (Å²) >= 11 is 0. The predicted octanol–water partition coefficient (Wildman–Crippen LogP) is 4.20. The van der Waals surface area contributed by atoms with Crippen LogP contribution >= 0.6 is 0 Å². The second-order valence-electron chi connectivity index (χ2n) is 8.47. The zero-order valence-corrected chi connectivity index (χ0v) is 17.8. The third-order valence-corrected chi connectivity index (χ3v) is 6.35. The molecule has 3 fully saturated rings. The summed E-state index contributed by atoms with van der Waals surface area (Å²) < 4.78 is 53.1. The first kappa shape index (κ1) is 22.2. The van der Waals surface area contributed by atoms with E-state index in [4.69, 9.17) is 0 Å². The number of alkyl halides is 3. The number of nitrogens with one attached hydrogen (secondary N) is 1. The molecule has 34 heavy (non-hydrogen) atoms. The molecule has 6 rings (SSSR count). The van der Waals surface area contributed by atoms with E-state index in [-0.39, 0.29) is 46.7 Å². The van der Waals surface area contributed by atoms with Gasteiger partial charge >= 0.3 is 6.18 Å². The van der Waals surface area contributed by atoms with Crippen LogP contribution in [0.2, 0.25) is 0 Å². The highest BCUT2D eigenvalue weighted by molar-refractivity contribution is 6.00. The number of hydrogen-bond donors (Lipinski definition) is 1. The molecule has 176 valence electrons. The normalized spacial score (nSPS) is 22.0. The van der Waals surface area contributed by atoms with Gasteiger partial charge in [-0.3, -0.25) is 4.79 Å². The summed E-state index contributed by atoms with van der Waals surface area (Å²) in [5.41, 5.74) is -0.846. The van der Waals surface area contributed by atoms with Crippen molar-refractivity contribution < 1.29 is 22.4 Å². The Morgan fingerprint density at radius 3 is 2.50 bits per heavy atom. The first-order valence-electron chi connectivity index (χ1n) is 10.8. The number of carbonyl (C=O) groups excluding carboxylic acids is 1. The van der Waals surface area contributed by atoms with Crippen molar-refractivity contribution >= 4 is 11.7 Å². The summed E-state index contributed by atoms with van der Waals surface area (Å²) in [6, 6.07) is 5.46. The lowest BCUT2D eigenvalue weighted by Crippen LogP contribution is -2.59. The van der Waals surface area contributed by atoms with Crippen LogP contribution in [0.25, 0.3) is 11.4 Å². The monoisotopic (exact) mass is 472 g/mol. The molecule has 3 atom stereocenters. The fourth-order valence-corrected chi connectivity index (χ4v) is 4.83. The van der Waals surface area contributed by atoms with Crippen LogP contribution in [0.5, 0.6) is 0 Å². The van der Waals surface area contributed by atoms with Gasteiger partial charge in [-0.05, 0) is 43.4 Å². The van der Waals surface area contributed by atoms with E-state index in [9.17, 15) is 22.4 Å².